The Hall–Kier alpha value is -2.24. The summed E-state index contributed by atoms with van der Waals surface area (Å²) in [6.45, 7) is 8.38. The van der Waals surface area contributed by atoms with Crippen molar-refractivity contribution < 1.29 is 19.1 Å². The van der Waals surface area contributed by atoms with E-state index < -0.39 is 0 Å². The molecule has 1 aliphatic heterocycles. The van der Waals surface area contributed by atoms with Gasteiger partial charge in [0.15, 0.2) is 18.1 Å². The molecule has 1 aromatic carbocycles. The molecule has 0 saturated carbocycles. The Labute approximate surface area is 142 Å². The molecule has 0 unspecified atom stereocenters. The summed E-state index contributed by atoms with van der Waals surface area (Å²) in [7, 11) is 0. The van der Waals surface area contributed by atoms with Gasteiger partial charge in [-0.1, -0.05) is 26.0 Å². The van der Waals surface area contributed by atoms with Crippen LogP contribution in [0.4, 0.5) is 0 Å². The van der Waals surface area contributed by atoms with Gasteiger partial charge in [-0.05, 0) is 19.9 Å². The summed E-state index contributed by atoms with van der Waals surface area (Å²) in [5.41, 5.74) is 0.841. The molecule has 1 aliphatic rings. The first-order valence-corrected chi connectivity index (χ1v) is 8.26. The van der Waals surface area contributed by atoms with Crippen LogP contribution in [0.2, 0.25) is 0 Å². The molecule has 0 aromatic heterocycles. The normalized spacial score (nSPS) is 14.7. The van der Waals surface area contributed by atoms with Crippen LogP contribution >= 0.6 is 0 Å². The molecule has 0 atom stereocenters. The van der Waals surface area contributed by atoms with E-state index in [-0.39, 0.29) is 29.9 Å². The van der Waals surface area contributed by atoms with Crippen LogP contribution in [0, 0.1) is 5.92 Å². The predicted octanol–water partition coefficient (Wildman–Crippen LogP) is 1.67. The first kappa shape index (κ1) is 18.1. The molecule has 2 amide bonds. The number of ether oxygens (including phenoxy) is 2. The van der Waals surface area contributed by atoms with Gasteiger partial charge < -0.3 is 20.1 Å². The van der Waals surface area contributed by atoms with E-state index in [0.29, 0.717) is 18.8 Å². The number of carbonyl (C=O) groups excluding carboxylic acids is 2. The number of hydrogen-bond acceptors (Lipinski definition) is 4. The minimum atomic E-state index is -0.251. The average Bonchev–Trinajstić information content (AvgIpc) is 2.83. The minimum Gasteiger partial charge on any atom is -0.483 e. The van der Waals surface area contributed by atoms with Crippen LogP contribution < -0.4 is 20.1 Å². The third kappa shape index (κ3) is 4.88. The number of fused-ring (bicyclic) bond motifs is 1. The highest BCUT2D eigenvalue weighted by Gasteiger charge is 2.32. The van der Waals surface area contributed by atoms with Crippen molar-refractivity contribution in [1.82, 2.24) is 10.6 Å². The lowest BCUT2D eigenvalue weighted by atomic mass is 10.0. The lowest BCUT2D eigenvalue weighted by Gasteiger charge is -2.18. The first-order valence-electron chi connectivity index (χ1n) is 8.26. The monoisotopic (exact) mass is 334 g/mol. The molecule has 0 spiro atoms. The average molecular weight is 334 g/mol. The van der Waals surface area contributed by atoms with E-state index in [4.69, 9.17) is 9.47 Å². The van der Waals surface area contributed by atoms with Crippen molar-refractivity contribution in [1.29, 1.82) is 0 Å². The van der Waals surface area contributed by atoms with Gasteiger partial charge in [-0.15, -0.1) is 0 Å². The fourth-order valence-electron chi connectivity index (χ4n) is 2.49. The van der Waals surface area contributed by atoms with E-state index in [1.165, 1.54) is 0 Å². The third-order valence-electron chi connectivity index (χ3n) is 3.68. The summed E-state index contributed by atoms with van der Waals surface area (Å²) in [5, 5.41) is 5.45. The summed E-state index contributed by atoms with van der Waals surface area (Å²) >= 11 is 0. The topological polar surface area (TPSA) is 76.7 Å². The molecule has 0 saturated heterocycles. The van der Waals surface area contributed by atoms with Crippen LogP contribution in [0.5, 0.6) is 11.5 Å². The summed E-state index contributed by atoms with van der Waals surface area (Å²) in [4.78, 5) is 23.2. The molecule has 6 heteroatoms. The zero-order valence-corrected chi connectivity index (χ0v) is 14.8. The highest BCUT2D eigenvalue weighted by Crippen LogP contribution is 2.41. The van der Waals surface area contributed by atoms with Gasteiger partial charge in [-0.25, -0.2) is 0 Å². The molecule has 1 heterocycles. The number of amides is 2. The van der Waals surface area contributed by atoms with Gasteiger partial charge in [0.1, 0.15) is 5.60 Å². The second-order valence-electron chi connectivity index (χ2n) is 6.87. The van der Waals surface area contributed by atoms with E-state index in [0.717, 1.165) is 17.7 Å². The van der Waals surface area contributed by atoms with Gasteiger partial charge in [-0.2, -0.15) is 0 Å². The molecule has 1 aromatic rings. The Morgan fingerprint density at radius 2 is 1.96 bits per heavy atom. The Kier molecular flexibility index (Phi) is 5.70. The van der Waals surface area contributed by atoms with E-state index in [2.05, 4.69) is 10.6 Å². The van der Waals surface area contributed by atoms with Gasteiger partial charge in [0.05, 0.1) is 0 Å². The molecule has 0 radical (unpaired) electrons. The van der Waals surface area contributed by atoms with Gasteiger partial charge >= 0.3 is 0 Å². The number of para-hydroxylation sites is 1. The SMILES string of the molecule is CC(C)C(=O)NCCNC(=O)COc1cccc2c1OC(C)(C)C2. The highest BCUT2D eigenvalue weighted by atomic mass is 16.5. The minimum absolute atomic E-state index is 0.0277. The number of carbonyl (C=O) groups is 2. The summed E-state index contributed by atoms with van der Waals surface area (Å²) in [6, 6.07) is 5.71. The number of nitrogens with one attached hydrogen (secondary N) is 2. The quantitative estimate of drug-likeness (QED) is 0.744. The van der Waals surface area contributed by atoms with Crippen LogP contribution in [0.3, 0.4) is 0 Å². The number of rotatable bonds is 7. The van der Waals surface area contributed by atoms with Crippen molar-refractivity contribution in [3.05, 3.63) is 23.8 Å². The molecule has 2 N–H and O–H groups in total. The summed E-state index contributed by atoms with van der Waals surface area (Å²) in [5.74, 6) is 0.984. The molecule has 6 nitrogen and oxygen atoms in total. The molecule has 2 rings (SSSR count). The Bertz CT molecular complexity index is 611. The fourth-order valence-corrected chi connectivity index (χ4v) is 2.49. The van der Waals surface area contributed by atoms with Crippen molar-refractivity contribution in [3.8, 4) is 11.5 Å². The molecule has 0 aliphatic carbocycles. The molecule has 0 fully saturated rings. The molecule has 0 bridgehead atoms. The van der Waals surface area contributed by atoms with Crippen LogP contribution in [-0.4, -0.2) is 37.1 Å². The van der Waals surface area contributed by atoms with Crippen molar-refractivity contribution in [3.63, 3.8) is 0 Å². The van der Waals surface area contributed by atoms with Crippen molar-refractivity contribution in [2.45, 2.75) is 39.7 Å². The van der Waals surface area contributed by atoms with Crippen molar-refractivity contribution >= 4 is 11.8 Å². The predicted molar refractivity (Wildman–Crippen MR) is 91.2 cm³/mol. The van der Waals surface area contributed by atoms with Crippen LogP contribution in [-0.2, 0) is 16.0 Å². The largest absolute Gasteiger partial charge is 0.483 e. The maximum atomic E-state index is 11.8. The smallest absolute Gasteiger partial charge is 0.258 e. The standard InChI is InChI=1S/C18H26N2O4/c1-12(2)17(22)20-9-8-19-15(21)11-23-14-7-5-6-13-10-18(3,4)24-16(13)14/h5-7,12H,8-11H2,1-4H3,(H,19,21)(H,20,22). The molecule has 24 heavy (non-hydrogen) atoms. The summed E-state index contributed by atoms with van der Waals surface area (Å²) in [6.07, 6.45) is 0.821. The lowest BCUT2D eigenvalue weighted by molar-refractivity contribution is -0.125. The fraction of sp³-hybridized carbons (Fsp3) is 0.556. The van der Waals surface area contributed by atoms with E-state index in [1.54, 1.807) is 6.07 Å². The Morgan fingerprint density at radius 3 is 2.67 bits per heavy atom. The van der Waals surface area contributed by atoms with Crippen LogP contribution in [0.15, 0.2) is 18.2 Å². The second-order valence-corrected chi connectivity index (χ2v) is 6.87. The Morgan fingerprint density at radius 1 is 1.25 bits per heavy atom. The van der Waals surface area contributed by atoms with Crippen molar-refractivity contribution in [2.24, 2.45) is 5.92 Å². The molecule has 132 valence electrons. The zero-order chi connectivity index (χ0) is 17.7. The van der Waals surface area contributed by atoms with Gasteiger partial charge in [0.25, 0.3) is 5.91 Å². The van der Waals surface area contributed by atoms with Crippen LogP contribution in [0.25, 0.3) is 0 Å². The lowest BCUT2D eigenvalue weighted by Crippen LogP contribution is -2.38. The van der Waals surface area contributed by atoms with Gasteiger partial charge in [0.2, 0.25) is 5.91 Å². The van der Waals surface area contributed by atoms with Gasteiger partial charge in [-0.3, -0.25) is 9.59 Å². The molecular weight excluding hydrogens is 308 g/mol. The highest BCUT2D eigenvalue weighted by molar-refractivity contribution is 5.79. The van der Waals surface area contributed by atoms with Gasteiger partial charge in [0, 0.05) is 31.0 Å². The number of hydrogen-bond donors (Lipinski definition) is 2. The van der Waals surface area contributed by atoms with Crippen LogP contribution in [0.1, 0.15) is 33.3 Å². The zero-order valence-electron chi connectivity index (χ0n) is 14.8. The maximum absolute atomic E-state index is 11.8. The maximum Gasteiger partial charge on any atom is 0.258 e. The van der Waals surface area contributed by atoms with E-state index >= 15 is 0 Å². The summed E-state index contributed by atoms with van der Waals surface area (Å²) < 4.78 is 11.5. The molecular formula is C18H26N2O4. The van der Waals surface area contributed by atoms with E-state index in [1.807, 2.05) is 39.8 Å². The Balaban J connectivity index is 1.76. The first-order chi connectivity index (χ1) is 11.3. The second kappa shape index (κ2) is 7.55. The third-order valence-corrected chi connectivity index (χ3v) is 3.68. The van der Waals surface area contributed by atoms with E-state index in [9.17, 15) is 9.59 Å². The number of benzene rings is 1. The van der Waals surface area contributed by atoms with Crippen molar-refractivity contribution in [2.75, 3.05) is 19.7 Å².